The fourth-order valence-corrected chi connectivity index (χ4v) is 5.20. The van der Waals surface area contributed by atoms with Crippen LogP contribution in [0, 0.1) is 13.8 Å². The van der Waals surface area contributed by atoms with Crippen molar-refractivity contribution in [1.29, 1.82) is 0 Å². The lowest BCUT2D eigenvalue weighted by atomic mass is 10.1. The third kappa shape index (κ3) is 5.09. The lowest BCUT2D eigenvalue weighted by Gasteiger charge is -2.36. The van der Waals surface area contributed by atoms with Crippen LogP contribution in [-0.2, 0) is 0 Å². The molecule has 37 heavy (non-hydrogen) atoms. The van der Waals surface area contributed by atoms with Crippen molar-refractivity contribution in [3.05, 3.63) is 101 Å². The van der Waals surface area contributed by atoms with Gasteiger partial charge < -0.3 is 19.1 Å². The highest BCUT2D eigenvalue weighted by Gasteiger charge is 2.27. The van der Waals surface area contributed by atoms with E-state index in [1.165, 1.54) is 5.56 Å². The Hall–Kier alpha value is -3.70. The van der Waals surface area contributed by atoms with E-state index in [1.54, 1.807) is 0 Å². The maximum absolute atomic E-state index is 13.8. The second kappa shape index (κ2) is 10.7. The summed E-state index contributed by atoms with van der Waals surface area (Å²) in [5.74, 6) is 0.959. The number of aryl methyl sites for hydroxylation is 1. The number of rotatable bonds is 6. The molecule has 3 aromatic carbocycles. The van der Waals surface area contributed by atoms with Gasteiger partial charge in [-0.1, -0.05) is 48.0 Å². The second-order valence-electron chi connectivity index (χ2n) is 9.39. The predicted molar refractivity (Wildman–Crippen MR) is 151 cm³/mol. The number of halogens is 1. The van der Waals surface area contributed by atoms with Gasteiger partial charge in [-0.3, -0.25) is 4.79 Å². The molecule has 0 radical (unpaired) electrons. The summed E-state index contributed by atoms with van der Waals surface area (Å²) < 4.78 is 8.01. The fraction of sp³-hybridized carbons (Fsp3) is 0.258. The summed E-state index contributed by atoms with van der Waals surface area (Å²) >= 11 is 6.17. The van der Waals surface area contributed by atoms with Gasteiger partial charge in [0.15, 0.2) is 0 Å². The topological polar surface area (TPSA) is 37.7 Å². The minimum absolute atomic E-state index is 0.0665. The number of nitrogens with zero attached hydrogens (tertiary/aromatic N) is 3. The van der Waals surface area contributed by atoms with Gasteiger partial charge in [0.1, 0.15) is 5.75 Å². The number of piperazine rings is 1. The third-order valence-corrected chi connectivity index (χ3v) is 7.20. The molecule has 1 aromatic heterocycles. The van der Waals surface area contributed by atoms with E-state index in [0.29, 0.717) is 24.7 Å². The first kappa shape index (κ1) is 25.0. The van der Waals surface area contributed by atoms with Gasteiger partial charge in [-0.25, -0.2) is 0 Å². The summed E-state index contributed by atoms with van der Waals surface area (Å²) in [4.78, 5) is 18.1. The summed E-state index contributed by atoms with van der Waals surface area (Å²) in [7, 11) is 0. The Morgan fingerprint density at radius 3 is 2.32 bits per heavy atom. The quantitative estimate of drug-likeness (QED) is 0.285. The van der Waals surface area contributed by atoms with E-state index >= 15 is 0 Å². The van der Waals surface area contributed by atoms with Gasteiger partial charge in [-0.2, -0.15) is 0 Å². The van der Waals surface area contributed by atoms with E-state index in [0.717, 1.165) is 52.7 Å². The van der Waals surface area contributed by atoms with Gasteiger partial charge in [-0.05, 0) is 74.4 Å². The van der Waals surface area contributed by atoms with E-state index in [4.69, 9.17) is 16.3 Å². The standard InChI is InChI=1S/C31H32ClN3O2/c1-4-37-30-11-6-5-10-28(30)33-16-18-34(19-17-33)31(36)27-21-29(24-12-14-25(32)15-13-24)35(23(27)3)26-9-7-8-22(2)20-26/h5-15,20-21H,4,16-19H2,1-3H3. The lowest BCUT2D eigenvalue weighted by Crippen LogP contribution is -2.49. The summed E-state index contributed by atoms with van der Waals surface area (Å²) in [6, 6.07) is 26.3. The minimum atomic E-state index is 0.0665. The molecule has 2 heterocycles. The summed E-state index contributed by atoms with van der Waals surface area (Å²) in [5, 5.41) is 0.689. The zero-order chi connectivity index (χ0) is 25.9. The lowest BCUT2D eigenvalue weighted by molar-refractivity contribution is 0.0746. The first-order valence-electron chi connectivity index (χ1n) is 12.8. The number of benzene rings is 3. The van der Waals surface area contributed by atoms with Crippen LogP contribution in [0.4, 0.5) is 5.69 Å². The van der Waals surface area contributed by atoms with Crippen molar-refractivity contribution in [2.75, 3.05) is 37.7 Å². The molecule has 190 valence electrons. The van der Waals surface area contributed by atoms with Crippen LogP contribution in [0.15, 0.2) is 78.9 Å². The number of ether oxygens (including phenoxy) is 1. The van der Waals surface area contributed by atoms with Gasteiger partial charge in [0.05, 0.1) is 23.6 Å². The van der Waals surface area contributed by atoms with Crippen molar-refractivity contribution >= 4 is 23.2 Å². The van der Waals surface area contributed by atoms with Crippen LogP contribution in [0.1, 0.15) is 28.5 Å². The molecule has 4 aromatic rings. The molecular weight excluding hydrogens is 482 g/mol. The van der Waals surface area contributed by atoms with Crippen LogP contribution in [0.25, 0.3) is 16.9 Å². The maximum Gasteiger partial charge on any atom is 0.255 e. The van der Waals surface area contributed by atoms with E-state index in [1.807, 2.05) is 67.3 Å². The SMILES string of the molecule is CCOc1ccccc1N1CCN(C(=O)c2cc(-c3ccc(Cl)cc3)n(-c3cccc(C)c3)c2C)CC1. The number of anilines is 1. The highest BCUT2D eigenvalue weighted by Crippen LogP contribution is 2.32. The Morgan fingerprint density at radius 1 is 0.892 bits per heavy atom. The Labute approximate surface area is 223 Å². The van der Waals surface area contributed by atoms with Crippen molar-refractivity contribution in [3.8, 4) is 22.7 Å². The van der Waals surface area contributed by atoms with E-state index < -0.39 is 0 Å². The number of aromatic nitrogens is 1. The molecule has 0 aliphatic carbocycles. The molecule has 6 heteroatoms. The number of hydrogen-bond acceptors (Lipinski definition) is 3. The normalized spacial score (nSPS) is 13.6. The molecule has 5 nitrogen and oxygen atoms in total. The molecule has 1 aliphatic heterocycles. The number of carbonyl (C=O) groups is 1. The van der Waals surface area contributed by atoms with E-state index in [2.05, 4.69) is 46.7 Å². The van der Waals surface area contributed by atoms with Gasteiger partial charge >= 0.3 is 0 Å². The molecule has 1 aliphatic rings. The number of hydrogen-bond donors (Lipinski definition) is 0. The number of carbonyl (C=O) groups excluding carboxylic acids is 1. The fourth-order valence-electron chi connectivity index (χ4n) is 5.07. The van der Waals surface area contributed by atoms with Gasteiger partial charge in [0, 0.05) is 42.6 Å². The third-order valence-electron chi connectivity index (χ3n) is 6.95. The Balaban J connectivity index is 1.44. The van der Waals surface area contributed by atoms with Crippen LogP contribution in [-0.4, -0.2) is 48.2 Å². The first-order chi connectivity index (χ1) is 18.0. The molecule has 0 saturated carbocycles. The average Bonchev–Trinajstić information content (AvgIpc) is 3.26. The molecule has 1 amide bonds. The highest BCUT2D eigenvalue weighted by molar-refractivity contribution is 6.30. The molecule has 0 unspecified atom stereocenters. The number of amides is 1. The molecule has 1 fully saturated rings. The zero-order valence-electron chi connectivity index (χ0n) is 21.6. The number of para-hydroxylation sites is 2. The van der Waals surface area contributed by atoms with Gasteiger partial charge in [0.2, 0.25) is 0 Å². The molecular formula is C31H32ClN3O2. The largest absolute Gasteiger partial charge is 0.492 e. The minimum Gasteiger partial charge on any atom is -0.492 e. The van der Waals surface area contributed by atoms with E-state index in [9.17, 15) is 4.79 Å². The van der Waals surface area contributed by atoms with Crippen molar-refractivity contribution in [1.82, 2.24) is 9.47 Å². The Morgan fingerprint density at radius 2 is 1.62 bits per heavy atom. The van der Waals surface area contributed by atoms with Crippen LogP contribution >= 0.6 is 11.6 Å². The average molecular weight is 514 g/mol. The predicted octanol–water partition coefficient (Wildman–Crippen LogP) is 6.78. The molecule has 0 spiro atoms. The van der Waals surface area contributed by atoms with Crippen molar-refractivity contribution < 1.29 is 9.53 Å². The Kier molecular flexibility index (Phi) is 7.24. The monoisotopic (exact) mass is 513 g/mol. The molecule has 0 bridgehead atoms. The first-order valence-corrected chi connectivity index (χ1v) is 13.2. The summed E-state index contributed by atoms with van der Waals surface area (Å²) in [5.41, 5.74) is 6.96. The van der Waals surface area contributed by atoms with Crippen LogP contribution < -0.4 is 9.64 Å². The van der Waals surface area contributed by atoms with Crippen LogP contribution in [0.2, 0.25) is 5.02 Å². The maximum atomic E-state index is 13.8. The van der Waals surface area contributed by atoms with Crippen LogP contribution in [0.3, 0.4) is 0 Å². The van der Waals surface area contributed by atoms with Crippen molar-refractivity contribution in [2.24, 2.45) is 0 Å². The molecule has 5 rings (SSSR count). The van der Waals surface area contributed by atoms with Gasteiger partial charge in [0.25, 0.3) is 5.91 Å². The summed E-state index contributed by atoms with van der Waals surface area (Å²) in [6.07, 6.45) is 0. The molecule has 1 saturated heterocycles. The van der Waals surface area contributed by atoms with Crippen molar-refractivity contribution in [2.45, 2.75) is 20.8 Å². The van der Waals surface area contributed by atoms with Gasteiger partial charge in [-0.15, -0.1) is 0 Å². The van der Waals surface area contributed by atoms with Crippen LogP contribution in [0.5, 0.6) is 5.75 Å². The molecule has 0 N–H and O–H groups in total. The highest BCUT2D eigenvalue weighted by atomic mass is 35.5. The molecule has 0 atom stereocenters. The van der Waals surface area contributed by atoms with E-state index in [-0.39, 0.29) is 5.91 Å². The Bertz CT molecular complexity index is 1400. The smallest absolute Gasteiger partial charge is 0.255 e. The summed E-state index contributed by atoms with van der Waals surface area (Å²) in [6.45, 7) is 9.58. The second-order valence-corrected chi connectivity index (χ2v) is 9.83. The van der Waals surface area contributed by atoms with Crippen molar-refractivity contribution in [3.63, 3.8) is 0 Å². The zero-order valence-corrected chi connectivity index (χ0v) is 22.3.